The van der Waals surface area contributed by atoms with Gasteiger partial charge in [0, 0.05) is 24.2 Å². The number of nitrogens with one attached hydrogen (secondary N) is 1. The Morgan fingerprint density at radius 1 is 1.44 bits per heavy atom. The second kappa shape index (κ2) is 4.51. The summed E-state index contributed by atoms with van der Waals surface area (Å²) in [7, 11) is 2.08. The highest BCUT2D eigenvalue weighted by molar-refractivity contribution is 7.07. The molecule has 18 heavy (non-hydrogen) atoms. The largest absolute Gasteiger partial charge is 0.320 e. The number of thiazole rings is 1. The van der Waals surface area contributed by atoms with Crippen LogP contribution in [-0.2, 0) is 13.1 Å². The third kappa shape index (κ3) is 2.02. The first-order valence-electron chi connectivity index (χ1n) is 5.73. The third-order valence-corrected chi connectivity index (χ3v) is 3.64. The number of benzene rings is 1. The molecule has 0 saturated carbocycles. The number of hydrogen-bond acceptors (Lipinski definition) is 4. The maximum atomic E-state index is 12.0. The Kier molecular flexibility index (Phi) is 2.85. The van der Waals surface area contributed by atoms with Crippen LogP contribution in [0.25, 0.3) is 0 Å². The molecule has 0 aliphatic carbocycles. The molecule has 0 radical (unpaired) electrons. The van der Waals surface area contributed by atoms with E-state index in [-0.39, 0.29) is 5.91 Å². The van der Waals surface area contributed by atoms with Gasteiger partial charge in [-0.1, -0.05) is 12.1 Å². The maximum absolute atomic E-state index is 12.0. The average Bonchev–Trinajstić information content (AvgIpc) is 2.96. The summed E-state index contributed by atoms with van der Waals surface area (Å²) in [4.78, 5) is 18.2. The molecule has 1 aromatic heterocycles. The number of nitrogens with zero attached hydrogens (tertiary/aromatic N) is 2. The summed E-state index contributed by atoms with van der Waals surface area (Å²) < 4.78 is 0. The van der Waals surface area contributed by atoms with E-state index in [9.17, 15) is 4.79 Å². The maximum Gasteiger partial charge on any atom is 0.275 e. The highest BCUT2D eigenvalue weighted by Gasteiger charge is 2.19. The van der Waals surface area contributed by atoms with Crippen molar-refractivity contribution in [2.24, 2.45) is 0 Å². The quantitative estimate of drug-likeness (QED) is 0.900. The SMILES string of the molecule is CN1Cc2cccc(NC(=O)c3cscn3)c2C1. The number of aromatic nitrogens is 1. The summed E-state index contributed by atoms with van der Waals surface area (Å²) in [5.74, 6) is -0.140. The minimum atomic E-state index is -0.140. The first kappa shape index (κ1) is 11.4. The van der Waals surface area contributed by atoms with Gasteiger partial charge in [0.05, 0.1) is 5.51 Å². The Balaban J connectivity index is 1.86. The predicted molar refractivity (Wildman–Crippen MR) is 71.7 cm³/mol. The van der Waals surface area contributed by atoms with E-state index in [1.54, 1.807) is 10.9 Å². The van der Waals surface area contributed by atoms with E-state index in [2.05, 4.69) is 28.3 Å². The Hall–Kier alpha value is -1.72. The molecule has 5 heteroatoms. The van der Waals surface area contributed by atoms with Gasteiger partial charge in [0.25, 0.3) is 5.91 Å². The summed E-state index contributed by atoms with van der Waals surface area (Å²) in [6.45, 7) is 1.82. The lowest BCUT2D eigenvalue weighted by Crippen LogP contribution is -2.14. The molecule has 1 aromatic carbocycles. The minimum absolute atomic E-state index is 0.140. The number of carbonyl (C=O) groups is 1. The molecule has 1 aliphatic heterocycles. The van der Waals surface area contributed by atoms with Crippen LogP contribution in [0.15, 0.2) is 29.1 Å². The van der Waals surface area contributed by atoms with Crippen molar-refractivity contribution in [1.82, 2.24) is 9.88 Å². The van der Waals surface area contributed by atoms with E-state index in [0.29, 0.717) is 5.69 Å². The zero-order valence-electron chi connectivity index (χ0n) is 10.0. The Morgan fingerprint density at radius 2 is 2.33 bits per heavy atom. The van der Waals surface area contributed by atoms with Gasteiger partial charge >= 0.3 is 0 Å². The molecule has 0 bridgehead atoms. The zero-order valence-corrected chi connectivity index (χ0v) is 10.8. The van der Waals surface area contributed by atoms with Crippen molar-refractivity contribution < 1.29 is 4.79 Å². The van der Waals surface area contributed by atoms with Crippen LogP contribution >= 0.6 is 11.3 Å². The lowest BCUT2D eigenvalue weighted by atomic mass is 10.1. The molecule has 3 rings (SSSR count). The molecule has 1 amide bonds. The van der Waals surface area contributed by atoms with Crippen molar-refractivity contribution in [3.8, 4) is 0 Å². The summed E-state index contributed by atoms with van der Waals surface area (Å²) in [5, 5.41) is 4.70. The number of anilines is 1. The number of amides is 1. The van der Waals surface area contributed by atoms with Gasteiger partial charge in [-0.2, -0.15) is 0 Å². The lowest BCUT2D eigenvalue weighted by molar-refractivity contribution is 0.102. The standard InChI is InChI=1S/C13H13N3OS/c1-16-5-9-3-2-4-11(10(9)6-16)15-13(17)12-7-18-8-14-12/h2-4,7-8H,5-6H2,1H3,(H,15,17). The lowest BCUT2D eigenvalue weighted by Gasteiger charge is -2.09. The van der Waals surface area contributed by atoms with Crippen molar-refractivity contribution in [2.75, 3.05) is 12.4 Å². The number of rotatable bonds is 2. The predicted octanol–water partition coefficient (Wildman–Crippen LogP) is 2.34. The van der Waals surface area contributed by atoms with Crippen molar-refractivity contribution in [3.05, 3.63) is 45.9 Å². The van der Waals surface area contributed by atoms with Gasteiger partial charge in [0.1, 0.15) is 5.69 Å². The highest BCUT2D eigenvalue weighted by atomic mass is 32.1. The monoisotopic (exact) mass is 259 g/mol. The Morgan fingerprint density at radius 3 is 3.11 bits per heavy atom. The van der Waals surface area contributed by atoms with Gasteiger partial charge in [0.15, 0.2) is 0 Å². The average molecular weight is 259 g/mol. The number of carbonyl (C=O) groups excluding carboxylic acids is 1. The van der Waals surface area contributed by atoms with Gasteiger partial charge in [-0.3, -0.25) is 9.69 Å². The topological polar surface area (TPSA) is 45.2 Å². The Bertz CT molecular complexity index is 580. The summed E-state index contributed by atoms with van der Waals surface area (Å²) >= 11 is 1.42. The summed E-state index contributed by atoms with van der Waals surface area (Å²) in [6.07, 6.45) is 0. The molecular weight excluding hydrogens is 246 g/mol. The van der Waals surface area contributed by atoms with Gasteiger partial charge in [-0.25, -0.2) is 4.98 Å². The van der Waals surface area contributed by atoms with Crippen LogP contribution in [0.2, 0.25) is 0 Å². The molecule has 0 saturated heterocycles. The third-order valence-electron chi connectivity index (χ3n) is 3.05. The van der Waals surface area contributed by atoms with E-state index in [4.69, 9.17) is 0 Å². The molecule has 92 valence electrons. The van der Waals surface area contributed by atoms with Crippen LogP contribution < -0.4 is 5.32 Å². The van der Waals surface area contributed by atoms with Crippen molar-refractivity contribution in [2.45, 2.75) is 13.1 Å². The molecular formula is C13H13N3OS. The number of fused-ring (bicyclic) bond motifs is 1. The highest BCUT2D eigenvalue weighted by Crippen LogP contribution is 2.28. The Labute approximate surface area is 109 Å². The van der Waals surface area contributed by atoms with Gasteiger partial charge in [-0.15, -0.1) is 11.3 Å². The second-order valence-electron chi connectivity index (χ2n) is 4.44. The van der Waals surface area contributed by atoms with Gasteiger partial charge < -0.3 is 5.32 Å². The molecule has 0 atom stereocenters. The van der Waals surface area contributed by atoms with Crippen molar-refractivity contribution in [3.63, 3.8) is 0 Å². The minimum Gasteiger partial charge on any atom is -0.320 e. The fourth-order valence-corrected chi connectivity index (χ4v) is 2.75. The molecule has 0 fully saturated rings. The fraction of sp³-hybridized carbons (Fsp3) is 0.231. The van der Waals surface area contributed by atoms with E-state index in [1.807, 2.05) is 12.1 Å². The van der Waals surface area contributed by atoms with E-state index in [0.717, 1.165) is 18.8 Å². The molecule has 1 N–H and O–H groups in total. The first-order valence-corrected chi connectivity index (χ1v) is 6.67. The van der Waals surface area contributed by atoms with Crippen LogP contribution in [0.1, 0.15) is 21.6 Å². The number of hydrogen-bond donors (Lipinski definition) is 1. The molecule has 2 aromatic rings. The molecule has 0 unspecified atom stereocenters. The van der Waals surface area contributed by atoms with E-state index in [1.165, 1.54) is 22.5 Å². The molecule has 1 aliphatic rings. The zero-order chi connectivity index (χ0) is 12.5. The smallest absolute Gasteiger partial charge is 0.275 e. The van der Waals surface area contributed by atoms with Crippen LogP contribution in [0.4, 0.5) is 5.69 Å². The molecule has 2 heterocycles. The molecule has 0 spiro atoms. The summed E-state index contributed by atoms with van der Waals surface area (Å²) in [6, 6.07) is 6.04. The van der Waals surface area contributed by atoms with Gasteiger partial charge in [-0.05, 0) is 24.2 Å². The van der Waals surface area contributed by atoms with Crippen LogP contribution in [-0.4, -0.2) is 22.8 Å². The normalized spacial score (nSPS) is 14.5. The fourth-order valence-electron chi connectivity index (χ4n) is 2.21. The van der Waals surface area contributed by atoms with Crippen molar-refractivity contribution in [1.29, 1.82) is 0 Å². The molecule has 4 nitrogen and oxygen atoms in total. The van der Waals surface area contributed by atoms with E-state index < -0.39 is 0 Å². The first-order chi connectivity index (χ1) is 8.74. The van der Waals surface area contributed by atoms with Gasteiger partial charge in [0.2, 0.25) is 0 Å². The van der Waals surface area contributed by atoms with Crippen molar-refractivity contribution >= 4 is 22.9 Å². The summed E-state index contributed by atoms with van der Waals surface area (Å²) in [5.41, 5.74) is 5.54. The van der Waals surface area contributed by atoms with Crippen LogP contribution in [0.3, 0.4) is 0 Å². The van der Waals surface area contributed by atoms with Crippen LogP contribution in [0.5, 0.6) is 0 Å². The van der Waals surface area contributed by atoms with E-state index >= 15 is 0 Å². The second-order valence-corrected chi connectivity index (χ2v) is 5.16. The van der Waals surface area contributed by atoms with Crippen LogP contribution in [0, 0.1) is 0 Å².